The first-order valence-electron chi connectivity index (χ1n) is 8.02. The van der Waals surface area contributed by atoms with Gasteiger partial charge in [-0.3, -0.25) is 5.01 Å². The van der Waals surface area contributed by atoms with Crippen LogP contribution in [0.5, 0.6) is 0 Å². The second kappa shape index (κ2) is 5.68. The van der Waals surface area contributed by atoms with E-state index in [0.29, 0.717) is 23.2 Å². The average Bonchev–Trinajstić information content (AvgIpc) is 2.93. The minimum Gasteiger partial charge on any atom is -0.396 e. The van der Waals surface area contributed by atoms with E-state index in [1.54, 1.807) is 24.6 Å². The van der Waals surface area contributed by atoms with Gasteiger partial charge in [-0.1, -0.05) is 6.92 Å². The van der Waals surface area contributed by atoms with E-state index in [1.807, 2.05) is 12.3 Å². The van der Waals surface area contributed by atoms with E-state index in [4.69, 9.17) is 16.6 Å². The topological polar surface area (TPSA) is 94.0 Å². The summed E-state index contributed by atoms with van der Waals surface area (Å²) in [6.07, 6.45) is 6.15. The van der Waals surface area contributed by atoms with Gasteiger partial charge in [-0.25, -0.2) is 20.8 Å². The molecule has 7 heteroatoms. The molecule has 0 aromatic carbocycles. The van der Waals surface area contributed by atoms with E-state index < -0.39 is 0 Å². The van der Waals surface area contributed by atoms with Crippen LogP contribution < -0.4 is 16.6 Å². The van der Waals surface area contributed by atoms with Gasteiger partial charge in [0.25, 0.3) is 0 Å². The second-order valence-corrected chi connectivity index (χ2v) is 7.69. The summed E-state index contributed by atoms with van der Waals surface area (Å²) in [5.74, 6) is 8.42. The second-order valence-electron chi connectivity index (χ2n) is 6.62. The Hall–Kier alpha value is -2.25. The maximum absolute atomic E-state index is 6.02. The Morgan fingerprint density at radius 3 is 2.67 bits per heavy atom. The van der Waals surface area contributed by atoms with Crippen LogP contribution in [0.2, 0.25) is 0 Å². The van der Waals surface area contributed by atoms with Crippen molar-refractivity contribution in [2.75, 3.05) is 17.8 Å². The van der Waals surface area contributed by atoms with Gasteiger partial charge < -0.3 is 5.73 Å². The molecule has 0 aliphatic heterocycles. The number of thiophene rings is 1. The zero-order chi connectivity index (χ0) is 16.8. The molecule has 1 saturated carbocycles. The van der Waals surface area contributed by atoms with Crippen LogP contribution in [0, 0.1) is 5.92 Å². The van der Waals surface area contributed by atoms with Crippen LogP contribution in [-0.4, -0.2) is 22.0 Å². The Morgan fingerprint density at radius 2 is 2.00 bits per heavy atom. The van der Waals surface area contributed by atoms with Gasteiger partial charge in [0.05, 0.1) is 5.69 Å². The van der Waals surface area contributed by atoms with Crippen LogP contribution in [0.4, 0.5) is 11.5 Å². The molecular weight excluding hydrogens is 320 g/mol. The van der Waals surface area contributed by atoms with E-state index in [-0.39, 0.29) is 0 Å². The van der Waals surface area contributed by atoms with Crippen LogP contribution in [0.1, 0.15) is 30.6 Å². The van der Waals surface area contributed by atoms with Crippen molar-refractivity contribution in [1.29, 1.82) is 0 Å². The monoisotopic (exact) mass is 340 g/mol. The first-order valence-corrected chi connectivity index (χ1v) is 8.83. The van der Waals surface area contributed by atoms with Crippen molar-refractivity contribution >= 4 is 33.1 Å². The standard InChI is InChI=1S/C17H20N6S/c1-9-3-10(4-9)14-6-12-8-20-15(22-17(12)24-14)11-5-13(18)16(21-7-11)23(2)19/h5-10H,3-4,18-19H2,1-2H3. The number of aromatic nitrogens is 3. The summed E-state index contributed by atoms with van der Waals surface area (Å²) in [4.78, 5) is 15.9. The van der Waals surface area contributed by atoms with Gasteiger partial charge >= 0.3 is 0 Å². The van der Waals surface area contributed by atoms with Crippen LogP contribution in [0.25, 0.3) is 21.6 Å². The molecule has 1 aliphatic carbocycles. The van der Waals surface area contributed by atoms with Gasteiger partial charge in [0, 0.05) is 35.3 Å². The Morgan fingerprint density at radius 1 is 1.21 bits per heavy atom. The first-order chi connectivity index (χ1) is 11.5. The van der Waals surface area contributed by atoms with Gasteiger partial charge in [-0.2, -0.15) is 0 Å². The minimum absolute atomic E-state index is 0.511. The lowest BCUT2D eigenvalue weighted by atomic mass is 9.75. The molecule has 0 radical (unpaired) electrons. The molecule has 3 heterocycles. The number of nitrogens with zero attached hydrogens (tertiary/aromatic N) is 4. The smallest absolute Gasteiger partial charge is 0.165 e. The summed E-state index contributed by atoms with van der Waals surface area (Å²) >= 11 is 1.77. The summed E-state index contributed by atoms with van der Waals surface area (Å²) in [5, 5.41) is 2.51. The molecule has 0 atom stereocenters. The number of fused-ring (bicyclic) bond motifs is 1. The lowest BCUT2D eigenvalue weighted by Gasteiger charge is -2.31. The van der Waals surface area contributed by atoms with Gasteiger partial charge in [0.2, 0.25) is 0 Å². The Kier molecular flexibility index (Phi) is 3.62. The number of hydrogen-bond donors (Lipinski definition) is 2. The highest BCUT2D eigenvalue weighted by Crippen LogP contribution is 2.44. The maximum atomic E-state index is 6.02. The number of nitrogen functional groups attached to an aromatic ring is 1. The molecule has 0 saturated heterocycles. The fraction of sp³-hybridized carbons (Fsp3) is 0.353. The fourth-order valence-corrected chi connectivity index (χ4v) is 4.35. The molecular formula is C17H20N6S. The van der Waals surface area contributed by atoms with E-state index in [1.165, 1.54) is 22.7 Å². The van der Waals surface area contributed by atoms with E-state index >= 15 is 0 Å². The minimum atomic E-state index is 0.511. The number of pyridine rings is 1. The summed E-state index contributed by atoms with van der Waals surface area (Å²) in [6, 6.07) is 4.05. The SMILES string of the molecule is CC1CC(c2cc3cnc(-c4cnc(N(C)N)c(N)c4)nc3s2)C1. The molecule has 3 aromatic rings. The molecule has 6 nitrogen and oxygen atoms in total. The van der Waals surface area contributed by atoms with E-state index in [2.05, 4.69) is 23.0 Å². The number of rotatable bonds is 3. The Balaban J connectivity index is 1.68. The normalized spacial score (nSPS) is 20.1. The van der Waals surface area contributed by atoms with Crippen molar-refractivity contribution in [1.82, 2.24) is 15.0 Å². The zero-order valence-electron chi connectivity index (χ0n) is 13.7. The van der Waals surface area contributed by atoms with Crippen LogP contribution in [0.3, 0.4) is 0 Å². The van der Waals surface area contributed by atoms with Gasteiger partial charge in [0.15, 0.2) is 11.6 Å². The lowest BCUT2D eigenvalue weighted by molar-refractivity contribution is 0.292. The predicted molar refractivity (Wildman–Crippen MR) is 98.8 cm³/mol. The van der Waals surface area contributed by atoms with Crippen LogP contribution >= 0.6 is 11.3 Å². The van der Waals surface area contributed by atoms with Crippen molar-refractivity contribution in [3.05, 3.63) is 29.4 Å². The molecule has 0 bridgehead atoms. The lowest BCUT2D eigenvalue weighted by Crippen LogP contribution is -2.27. The Labute approximate surface area is 144 Å². The number of nitrogens with two attached hydrogens (primary N) is 2. The molecule has 4 N–H and O–H groups in total. The molecule has 4 rings (SSSR count). The average molecular weight is 340 g/mol. The summed E-state index contributed by atoms with van der Waals surface area (Å²) in [5.41, 5.74) is 7.33. The molecule has 124 valence electrons. The Bertz CT molecular complexity index is 897. The third-order valence-electron chi connectivity index (χ3n) is 4.56. The predicted octanol–water partition coefficient (Wildman–Crippen LogP) is 3.16. The fourth-order valence-electron chi connectivity index (χ4n) is 3.22. The van der Waals surface area contributed by atoms with Crippen molar-refractivity contribution in [2.45, 2.75) is 25.7 Å². The molecule has 1 fully saturated rings. The van der Waals surface area contributed by atoms with Crippen molar-refractivity contribution in [3.63, 3.8) is 0 Å². The molecule has 24 heavy (non-hydrogen) atoms. The third kappa shape index (κ3) is 2.59. The maximum Gasteiger partial charge on any atom is 0.165 e. The van der Waals surface area contributed by atoms with Crippen LogP contribution in [-0.2, 0) is 0 Å². The van der Waals surface area contributed by atoms with Crippen LogP contribution in [0.15, 0.2) is 24.5 Å². The van der Waals surface area contributed by atoms with Crippen molar-refractivity contribution < 1.29 is 0 Å². The molecule has 0 unspecified atom stereocenters. The van der Waals surface area contributed by atoms with Gasteiger partial charge in [-0.15, -0.1) is 11.3 Å². The highest BCUT2D eigenvalue weighted by Gasteiger charge is 2.28. The van der Waals surface area contributed by atoms with E-state index in [9.17, 15) is 0 Å². The van der Waals surface area contributed by atoms with Gasteiger partial charge in [-0.05, 0) is 36.8 Å². The van der Waals surface area contributed by atoms with E-state index in [0.717, 1.165) is 21.7 Å². The molecule has 0 spiro atoms. The number of hydrogen-bond acceptors (Lipinski definition) is 7. The highest BCUT2D eigenvalue weighted by atomic mass is 32.1. The zero-order valence-corrected chi connectivity index (χ0v) is 14.5. The first kappa shape index (κ1) is 15.3. The van der Waals surface area contributed by atoms with Crippen molar-refractivity contribution in [2.24, 2.45) is 11.8 Å². The molecule has 3 aromatic heterocycles. The quantitative estimate of drug-likeness (QED) is 0.562. The van der Waals surface area contributed by atoms with Gasteiger partial charge in [0.1, 0.15) is 4.83 Å². The highest BCUT2D eigenvalue weighted by molar-refractivity contribution is 7.18. The third-order valence-corrected chi connectivity index (χ3v) is 5.76. The number of hydrazine groups is 1. The van der Waals surface area contributed by atoms with Crippen molar-refractivity contribution in [3.8, 4) is 11.4 Å². The summed E-state index contributed by atoms with van der Waals surface area (Å²) in [7, 11) is 1.70. The summed E-state index contributed by atoms with van der Waals surface area (Å²) < 4.78 is 0. The molecule has 0 amide bonds. The number of anilines is 2. The largest absolute Gasteiger partial charge is 0.396 e. The summed E-state index contributed by atoms with van der Waals surface area (Å²) in [6.45, 7) is 2.31. The molecule has 1 aliphatic rings.